The molecule has 1 amide bonds. The second-order valence-electron chi connectivity index (χ2n) is 9.43. The summed E-state index contributed by atoms with van der Waals surface area (Å²) in [4.78, 5) is 13.4. The molecule has 36 heavy (non-hydrogen) atoms. The van der Waals surface area contributed by atoms with Gasteiger partial charge in [0.05, 0.1) is 29.1 Å². The minimum Gasteiger partial charge on any atom is -0.390 e. The summed E-state index contributed by atoms with van der Waals surface area (Å²) in [6.45, 7) is 6.89. The molecule has 0 aromatic heterocycles. The van der Waals surface area contributed by atoms with Gasteiger partial charge in [0.15, 0.2) is 5.82 Å². The summed E-state index contributed by atoms with van der Waals surface area (Å²) in [5.74, 6) is -1.33. The summed E-state index contributed by atoms with van der Waals surface area (Å²) < 4.78 is 38.2. The maximum Gasteiger partial charge on any atom is 0.254 e. The predicted molar refractivity (Wildman–Crippen MR) is 145 cm³/mol. The van der Waals surface area contributed by atoms with E-state index in [9.17, 15) is 19.0 Å². The molecule has 1 aliphatic heterocycles. The van der Waals surface area contributed by atoms with Crippen LogP contribution in [-0.2, 0) is 6.42 Å². The number of nitrogens with one attached hydrogen (secondary N) is 3. The molecule has 0 spiro atoms. The lowest BCUT2D eigenvalue weighted by molar-refractivity contribution is 0.0823. The van der Waals surface area contributed by atoms with E-state index in [0.717, 1.165) is 5.56 Å². The van der Waals surface area contributed by atoms with Gasteiger partial charge in [0, 0.05) is 31.4 Å². The molecular weight excluding hydrogens is 483 g/mol. The highest BCUT2D eigenvalue weighted by molar-refractivity contribution is 8.25. The normalized spacial score (nSPS) is 17.9. The number of aliphatic hydroxyl groups is 1. The van der Waals surface area contributed by atoms with Crippen molar-refractivity contribution in [3.8, 4) is 0 Å². The van der Waals surface area contributed by atoms with Gasteiger partial charge in [-0.3, -0.25) is 18.2 Å². The van der Waals surface area contributed by atoms with Crippen molar-refractivity contribution in [2.75, 3.05) is 35.0 Å². The van der Waals surface area contributed by atoms with Crippen molar-refractivity contribution >= 4 is 28.1 Å². The predicted octanol–water partition coefficient (Wildman–Crippen LogP) is 4.22. The lowest BCUT2D eigenvalue weighted by Crippen LogP contribution is -2.49. The first kappa shape index (κ1) is 28.2. The molecule has 1 fully saturated rings. The average molecular weight is 523 g/mol. The van der Waals surface area contributed by atoms with E-state index in [1.54, 1.807) is 0 Å². The molecule has 0 aliphatic carbocycles. The first-order valence-corrected chi connectivity index (χ1v) is 14.2. The smallest absolute Gasteiger partial charge is 0.254 e. The van der Waals surface area contributed by atoms with Crippen molar-refractivity contribution < 1.29 is 23.4 Å². The van der Waals surface area contributed by atoms with Gasteiger partial charge in [-0.25, -0.2) is 4.39 Å². The summed E-state index contributed by atoms with van der Waals surface area (Å²) in [7, 11) is -3.18. The van der Waals surface area contributed by atoms with Crippen molar-refractivity contribution in [3.05, 3.63) is 59.4 Å². The van der Waals surface area contributed by atoms with Crippen LogP contribution in [0.2, 0.25) is 0 Å². The van der Waals surface area contributed by atoms with Crippen LogP contribution in [0, 0.1) is 5.82 Å². The summed E-state index contributed by atoms with van der Waals surface area (Å²) in [5.41, 5.74) is 1.20. The van der Waals surface area contributed by atoms with Crippen LogP contribution in [0.1, 0.15) is 49.5 Å². The number of hydrogen-bond donors (Lipinski definition) is 6. The summed E-state index contributed by atoms with van der Waals surface area (Å²) in [6.07, 6.45) is 0.785. The zero-order chi connectivity index (χ0) is 26.3. The lowest BCUT2D eigenvalue weighted by atomic mass is 10.00. The Morgan fingerprint density at radius 2 is 1.89 bits per heavy atom. The van der Waals surface area contributed by atoms with Gasteiger partial charge >= 0.3 is 0 Å². The van der Waals surface area contributed by atoms with Crippen LogP contribution in [0.25, 0.3) is 0 Å². The molecule has 0 bridgehead atoms. The molecular formula is C26H39FN4O4S. The Kier molecular flexibility index (Phi) is 9.98. The Morgan fingerprint density at radius 3 is 2.53 bits per heavy atom. The van der Waals surface area contributed by atoms with Crippen LogP contribution in [-0.4, -0.2) is 63.7 Å². The monoisotopic (exact) mass is 522 g/mol. The third kappa shape index (κ3) is 7.33. The molecule has 200 valence electrons. The maximum atomic E-state index is 15.8. The van der Waals surface area contributed by atoms with Crippen LogP contribution >= 0.6 is 10.8 Å². The number of hydrogen-bond acceptors (Lipinski definition) is 7. The molecule has 2 aromatic carbocycles. The fraction of sp³-hybridized carbons (Fsp3) is 0.500. The highest BCUT2D eigenvalue weighted by atomic mass is 32.3. The van der Waals surface area contributed by atoms with Gasteiger partial charge in [0.25, 0.3) is 5.91 Å². The van der Waals surface area contributed by atoms with Gasteiger partial charge in [0.1, 0.15) is 0 Å². The second-order valence-corrected chi connectivity index (χ2v) is 11.5. The molecule has 2 unspecified atom stereocenters. The third-order valence-corrected chi connectivity index (χ3v) is 8.07. The average Bonchev–Trinajstić information content (AvgIpc) is 2.83. The van der Waals surface area contributed by atoms with Crippen LogP contribution in [0.4, 0.5) is 15.8 Å². The number of halogens is 1. The van der Waals surface area contributed by atoms with Crippen LogP contribution < -0.4 is 20.3 Å². The van der Waals surface area contributed by atoms with E-state index in [1.807, 2.05) is 51.1 Å². The van der Waals surface area contributed by atoms with Crippen LogP contribution in [0.3, 0.4) is 0 Å². The quantitative estimate of drug-likeness (QED) is 0.262. The van der Waals surface area contributed by atoms with E-state index in [2.05, 4.69) is 16.0 Å². The van der Waals surface area contributed by atoms with E-state index in [1.165, 1.54) is 16.4 Å². The number of carbonyl (C=O) groups excluding carboxylic acids is 1. The molecule has 6 N–H and O–H groups in total. The molecule has 3 rings (SSSR count). The van der Waals surface area contributed by atoms with Crippen molar-refractivity contribution in [3.63, 3.8) is 0 Å². The van der Waals surface area contributed by atoms with Gasteiger partial charge in [-0.15, -0.1) is 10.8 Å². The number of anilines is 2. The van der Waals surface area contributed by atoms with E-state index >= 15 is 4.39 Å². The fourth-order valence-corrected chi connectivity index (χ4v) is 5.92. The molecule has 0 saturated carbocycles. The standard InChI is InChI=1S/C26H39FN4O4S/c1-4-28-20-15-21(25(27)23(16-20)31-12-8-9-13-36(31,34)35)26(33)30-22(24(32)17-29-18(2)3)14-19-10-6-5-7-11-19/h5-7,10-11,15-16,18,22,24,28-29,32,34-35H,4,8-9,12-14,17H2,1-3H3,(H,30,33). The van der Waals surface area contributed by atoms with E-state index in [-0.39, 0.29) is 36.1 Å². The summed E-state index contributed by atoms with van der Waals surface area (Å²) >= 11 is 0. The Hall–Kier alpha value is -2.37. The fourth-order valence-electron chi connectivity index (χ4n) is 4.24. The lowest BCUT2D eigenvalue weighted by Gasteiger charge is -2.47. The van der Waals surface area contributed by atoms with Crippen molar-refractivity contribution in [2.24, 2.45) is 0 Å². The zero-order valence-corrected chi connectivity index (χ0v) is 22.0. The van der Waals surface area contributed by atoms with Crippen molar-refractivity contribution in [1.29, 1.82) is 0 Å². The molecule has 1 heterocycles. The first-order valence-electron chi connectivity index (χ1n) is 12.5. The Balaban J connectivity index is 1.93. The minimum absolute atomic E-state index is 0.0140. The molecule has 2 aromatic rings. The number of carbonyl (C=O) groups is 1. The highest BCUT2D eigenvalue weighted by Crippen LogP contribution is 2.50. The van der Waals surface area contributed by atoms with Gasteiger partial charge in [-0.2, -0.15) is 0 Å². The molecule has 1 saturated heterocycles. The van der Waals surface area contributed by atoms with E-state index < -0.39 is 34.6 Å². The van der Waals surface area contributed by atoms with E-state index in [0.29, 0.717) is 31.5 Å². The third-order valence-electron chi connectivity index (χ3n) is 6.14. The Bertz CT molecular complexity index is 1010. The van der Waals surface area contributed by atoms with Crippen LogP contribution in [0.5, 0.6) is 0 Å². The van der Waals surface area contributed by atoms with E-state index in [4.69, 9.17) is 0 Å². The number of nitrogens with zero attached hydrogens (tertiary/aromatic N) is 1. The van der Waals surface area contributed by atoms with Crippen molar-refractivity contribution in [1.82, 2.24) is 10.6 Å². The van der Waals surface area contributed by atoms with Crippen LogP contribution in [0.15, 0.2) is 42.5 Å². The number of benzene rings is 2. The topological polar surface area (TPSA) is 117 Å². The van der Waals surface area contributed by atoms with Gasteiger partial charge in [-0.1, -0.05) is 44.2 Å². The van der Waals surface area contributed by atoms with Gasteiger partial charge in [0.2, 0.25) is 0 Å². The number of rotatable bonds is 11. The molecule has 1 aliphatic rings. The van der Waals surface area contributed by atoms with Crippen molar-refractivity contribution in [2.45, 2.75) is 58.2 Å². The largest absolute Gasteiger partial charge is 0.390 e. The second kappa shape index (κ2) is 12.7. The first-order chi connectivity index (χ1) is 17.1. The Morgan fingerprint density at radius 1 is 1.17 bits per heavy atom. The molecule has 2 atom stereocenters. The Labute approximate surface area is 214 Å². The summed E-state index contributed by atoms with van der Waals surface area (Å²) in [5, 5.41) is 20.0. The molecule has 0 radical (unpaired) electrons. The highest BCUT2D eigenvalue weighted by Gasteiger charge is 2.32. The maximum absolute atomic E-state index is 15.8. The number of aliphatic hydroxyl groups excluding tert-OH is 1. The molecule has 8 nitrogen and oxygen atoms in total. The van der Waals surface area contributed by atoms with Gasteiger partial charge in [-0.05, 0) is 43.9 Å². The summed E-state index contributed by atoms with van der Waals surface area (Å²) in [6, 6.07) is 11.9. The number of amides is 1. The zero-order valence-electron chi connectivity index (χ0n) is 21.2. The van der Waals surface area contributed by atoms with Gasteiger partial charge < -0.3 is 21.1 Å². The molecule has 10 heteroatoms. The minimum atomic E-state index is -3.18. The SMILES string of the molecule is CCNc1cc(C(=O)NC(Cc2ccccc2)C(O)CNC(C)C)c(F)c(N2CCCCS2(O)O)c1.